The van der Waals surface area contributed by atoms with Crippen LogP contribution in [-0.2, 0) is 0 Å². The van der Waals surface area contributed by atoms with Crippen LogP contribution in [0.25, 0.3) is 0 Å². The van der Waals surface area contributed by atoms with Crippen LogP contribution < -0.4 is 5.32 Å². The number of hydrogen-bond donors (Lipinski definition) is 1. The highest BCUT2D eigenvalue weighted by Gasteiger charge is 2.45. The molecule has 0 bridgehead atoms. The minimum Gasteiger partial charge on any atom is -0.351 e. The van der Waals surface area contributed by atoms with Gasteiger partial charge in [-0.3, -0.25) is 4.79 Å². The van der Waals surface area contributed by atoms with Crippen LogP contribution in [0.2, 0.25) is 0 Å². The number of rotatable bonds is 4. The van der Waals surface area contributed by atoms with Crippen LogP contribution in [0.15, 0.2) is 24.3 Å². The number of carbonyl (C=O) groups is 1. The molecule has 2 rings (SSSR count). The highest BCUT2D eigenvalue weighted by atomic mass is 127. The molecule has 0 saturated heterocycles. The van der Waals surface area contributed by atoms with Crippen molar-refractivity contribution in [2.75, 3.05) is 6.54 Å². The molecular formula is C14H18INO. The van der Waals surface area contributed by atoms with E-state index in [1.54, 1.807) is 0 Å². The van der Waals surface area contributed by atoms with Crippen LogP contribution >= 0.6 is 22.6 Å². The van der Waals surface area contributed by atoms with Crippen LogP contribution in [0.5, 0.6) is 0 Å². The number of hydrogen-bond acceptors (Lipinski definition) is 1. The minimum atomic E-state index is 0.0494. The second-order valence-electron chi connectivity index (χ2n) is 5.21. The lowest BCUT2D eigenvalue weighted by atomic mass is 9.92. The van der Waals surface area contributed by atoms with Gasteiger partial charge in [0, 0.05) is 15.7 Å². The molecule has 1 fully saturated rings. The van der Waals surface area contributed by atoms with E-state index in [9.17, 15) is 4.79 Å². The zero-order valence-electron chi connectivity index (χ0n) is 10.3. The van der Waals surface area contributed by atoms with Crippen molar-refractivity contribution in [2.24, 2.45) is 11.3 Å². The maximum Gasteiger partial charge on any atom is 0.251 e. The fourth-order valence-electron chi connectivity index (χ4n) is 2.08. The number of amides is 1. The molecule has 0 atom stereocenters. The van der Waals surface area contributed by atoms with Gasteiger partial charge in [0.25, 0.3) is 5.91 Å². The normalized spacial score (nSPS) is 16.9. The highest BCUT2D eigenvalue weighted by molar-refractivity contribution is 14.1. The van der Waals surface area contributed by atoms with E-state index < -0.39 is 0 Å². The molecule has 92 valence electrons. The first-order valence-corrected chi connectivity index (χ1v) is 7.15. The molecule has 17 heavy (non-hydrogen) atoms. The summed E-state index contributed by atoms with van der Waals surface area (Å²) >= 11 is 2.24. The summed E-state index contributed by atoms with van der Waals surface area (Å²) in [5.41, 5.74) is 1.13. The number of halogens is 1. The molecule has 1 aliphatic rings. The first-order chi connectivity index (χ1) is 8.03. The third-order valence-corrected chi connectivity index (χ3v) is 4.54. The first kappa shape index (κ1) is 12.9. The van der Waals surface area contributed by atoms with Gasteiger partial charge in [-0.15, -0.1) is 0 Å². The molecule has 1 aliphatic carbocycles. The summed E-state index contributed by atoms with van der Waals surface area (Å²) in [4.78, 5) is 11.9. The van der Waals surface area contributed by atoms with Crippen molar-refractivity contribution in [1.82, 2.24) is 5.32 Å². The van der Waals surface area contributed by atoms with Gasteiger partial charge in [0.15, 0.2) is 0 Å². The van der Waals surface area contributed by atoms with Gasteiger partial charge in [0.2, 0.25) is 0 Å². The van der Waals surface area contributed by atoms with E-state index in [2.05, 4.69) is 41.8 Å². The highest BCUT2D eigenvalue weighted by Crippen LogP contribution is 2.51. The van der Waals surface area contributed by atoms with Crippen LogP contribution in [0.4, 0.5) is 0 Å². The van der Waals surface area contributed by atoms with Gasteiger partial charge in [-0.05, 0) is 71.0 Å². The number of nitrogens with one attached hydrogen (secondary N) is 1. The Balaban J connectivity index is 1.92. The molecule has 1 aromatic carbocycles. The lowest BCUT2D eigenvalue weighted by Gasteiger charge is -2.19. The standard InChI is InChI=1S/C14H18INO/c1-10(2)14(7-8-14)9-16-13(17)11-3-5-12(15)6-4-11/h3-6,10H,7-9H2,1-2H3,(H,16,17). The van der Waals surface area contributed by atoms with Crippen molar-refractivity contribution in [1.29, 1.82) is 0 Å². The largest absolute Gasteiger partial charge is 0.351 e. The second kappa shape index (κ2) is 4.96. The van der Waals surface area contributed by atoms with Gasteiger partial charge in [-0.2, -0.15) is 0 Å². The predicted octanol–water partition coefficient (Wildman–Crippen LogP) is 3.46. The summed E-state index contributed by atoms with van der Waals surface area (Å²) in [5.74, 6) is 0.702. The number of benzene rings is 1. The monoisotopic (exact) mass is 343 g/mol. The maximum absolute atomic E-state index is 11.9. The van der Waals surface area contributed by atoms with E-state index in [1.807, 2.05) is 24.3 Å². The zero-order valence-corrected chi connectivity index (χ0v) is 12.5. The molecule has 0 aromatic heterocycles. The molecule has 0 radical (unpaired) electrons. The van der Waals surface area contributed by atoms with Gasteiger partial charge in [-0.1, -0.05) is 13.8 Å². The smallest absolute Gasteiger partial charge is 0.251 e. The molecule has 1 N–H and O–H groups in total. The molecule has 2 nitrogen and oxygen atoms in total. The number of carbonyl (C=O) groups excluding carboxylic acids is 1. The van der Waals surface area contributed by atoms with Crippen molar-refractivity contribution in [3.63, 3.8) is 0 Å². The average Bonchev–Trinajstić information content (AvgIpc) is 3.08. The topological polar surface area (TPSA) is 29.1 Å². The fourth-order valence-corrected chi connectivity index (χ4v) is 2.44. The van der Waals surface area contributed by atoms with E-state index >= 15 is 0 Å². The quantitative estimate of drug-likeness (QED) is 0.834. The van der Waals surface area contributed by atoms with Crippen LogP contribution in [-0.4, -0.2) is 12.5 Å². The SMILES string of the molecule is CC(C)C1(CNC(=O)c2ccc(I)cc2)CC1. The maximum atomic E-state index is 11.9. The molecule has 3 heteroatoms. The first-order valence-electron chi connectivity index (χ1n) is 6.07. The molecule has 0 spiro atoms. The Hall–Kier alpha value is -0.580. The van der Waals surface area contributed by atoms with E-state index in [0.717, 1.165) is 15.7 Å². The van der Waals surface area contributed by atoms with Gasteiger partial charge < -0.3 is 5.32 Å². The lowest BCUT2D eigenvalue weighted by Crippen LogP contribution is -2.32. The van der Waals surface area contributed by atoms with E-state index in [0.29, 0.717) is 11.3 Å². The van der Waals surface area contributed by atoms with Crippen molar-refractivity contribution >= 4 is 28.5 Å². The Morgan fingerprint density at radius 3 is 2.41 bits per heavy atom. The summed E-state index contributed by atoms with van der Waals surface area (Å²) in [6.07, 6.45) is 2.50. The Kier molecular flexibility index (Phi) is 3.76. The minimum absolute atomic E-state index is 0.0494. The molecule has 0 unspecified atom stereocenters. The Labute approximate surface area is 116 Å². The summed E-state index contributed by atoms with van der Waals surface area (Å²) in [6, 6.07) is 7.69. The van der Waals surface area contributed by atoms with Crippen LogP contribution in [0, 0.1) is 14.9 Å². The zero-order chi connectivity index (χ0) is 12.5. The Morgan fingerprint density at radius 1 is 1.35 bits per heavy atom. The van der Waals surface area contributed by atoms with E-state index in [4.69, 9.17) is 0 Å². The van der Waals surface area contributed by atoms with Crippen molar-refractivity contribution in [2.45, 2.75) is 26.7 Å². The van der Waals surface area contributed by atoms with E-state index in [1.165, 1.54) is 12.8 Å². The van der Waals surface area contributed by atoms with Crippen molar-refractivity contribution < 1.29 is 4.79 Å². The molecular weight excluding hydrogens is 325 g/mol. The van der Waals surface area contributed by atoms with Crippen LogP contribution in [0.3, 0.4) is 0 Å². The lowest BCUT2D eigenvalue weighted by molar-refractivity contribution is 0.0940. The summed E-state index contributed by atoms with van der Waals surface area (Å²) in [6.45, 7) is 5.30. The molecule has 1 saturated carbocycles. The summed E-state index contributed by atoms with van der Waals surface area (Å²) in [7, 11) is 0. The second-order valence-corrected chi connectivity index (χ2v) is 6.45. The molecule has 0 aliphatic heterocycles. The third-order valence-electron chi connectivity index (χ3n) is 3.82. The van der Waals surface area contributed by atoms with Gasteiger partial charge in [0.05, 0.1) is 0 Å². The fraction of sp³-hybridized carbons (Fsp3) is 0.500. The molecule has 1 aromatic rings. The van der Waals surface area contributed by atoms with Gasteiger partial charge in [-0.25, -0.2) is 0 Å². The van der Waals surface area contributed by atoms with E-state index in [-0.39, 0.29) is 5.91 Å². The third kappa shape index (κ3) is 3.00. The summed E-state index contributed by atoms with van der Waals surface area (Å²) < 4.78 is 1.15. The van der Waals surface area contributed by atoms with Crippen molar-refractivity contribution in [3.8, 4) is 0 Å². The van der Waals surface area contributed by atoms with Gasteiger partial charge >= 0.3 is 0 Å². The molecule has 1 amide bonds. The predicted molar refractivity (Wildman–Crippen MR) is 78.0 cm³/mol. The summed E-state index contributed by atoms with van der Waals surface area (Å²) in [5, 5.41) is 3.06. The van der Waals surface area contributed by atoms with Crippen LogP contribution in [0.1, 0.15) is 37.0 Å². The Bertz CT molecular complexity index is 407. The Morgan fingerprint density at radius 2 is 1.94 bits per heavy atom. The van der Waals surface area contributed by atoms with Crippen molar-refractivity contribution in [3.05, 3.63) is 33.4 Å². The average molecular weight is 343 g/mol. The van der Waals surface area contributed by atoms with Gasteiger partial charge in [0.1, 0.15) is 0 Å². The molecule has 0 heterocycles.